The van der Waals surface area contributed by atoms with Crippen molar-refractivity contribution >= 4 is 0 Å². The second kappa shape index (κ2) is 7.28. The van der Waals surface area contributed by atoms with E-state index in [1.54, 1.807) is 0 Å². The van der Waals surface area contributed by atoms with Crippen molar-refractivity contribution in [2.75, 3.05) is 6.54 Å². The molecule has 0 aliphatic heterocycles. The standard InChI is InChI=1S/C18H18N2/c1-2-12-20(14-16-8-4-3-5-9-16)15-18-11-7-6-10-17(18)13-19/h2-11H,1,12,14-15H2. The van der Waals surface area contributed by atoms with Gasteiger partial charge in [0.2, 0.25) is 0 Å². The lowest BCUT2D eigenvalue weighted by molar-refractivity contribution is 0.286. The van der Waals surface area contributed by atoms with Gasteiger partial charge in [-0.1, -0.05) is 54.6 Å². The Hall–Kier alpha value is -2.37. The fourth-order valence-corrected chi connectivity index (χ4v) is 2.22. The first-order valence-electron chi connectivity index (χ1n) is 6.68. The summed E-state index contributed by atoms with van der Waals surface area (Å²) in [5.41, 5.74) is 3.08. The van der Waals surface area contributed by atoms with Crippen LogP contribution in [0.25, 0.3) is 0 Å². The number of benzene rings is 2. The number of nitrogens with zero attached hydrogens (tertiary/aromatic N) is 2. The fraction of sp³-hybridized carbons (Fsp3) is 0.167. The van der Waals surface area contributed by atoms with Crippen molar-refractivity contribution in [2.24, 2.45) is 0 Å². The van der Waals surface area contributed by atoms with E-state index in [0.717, 1.165) is 30.8 Å². The lowest BCUT2D eigenvalue weighted by atomic mass is 10.1. The van der Waals surface area contributed by atoms with Crippen molar-refractivity contribution in [3.05, 3.63) is 83.9 Å². The summed E-state index contributed by atoms with van der Waals surface area (Å²) in [7, 11) is 0. The molecule has 2 aromatic rings. The largest absolute Gasteiger partial charge is 0.291 e. The van der Waals surface area contributed by atoms with E-state index >= 15 is 0 Å². The molecule has 0 unspecified atom stereocenters. The fourth-order valence-electron chi connectivity index (χ4n) is 2.22. The average Bonchev–Trinajstić information content (AvgIpc) is 2.49. The molecule has 2 nitrogen and oxygen atoms in total. The van der Waals surface area contributed by atoms with Crippen molar-refractivity contribution < 1.29 is 0 Å². The molecule has 0 aromatic heterocycles. The minimum Gasteiger partial charge on any atom is -0.291 e. The van der Waals surface area contributed by atoms with E-state index < -0.39 is 0 Å². The molecular formula is C18H18N2. The van der Waals surface area contributed by atoms with E-state index in [1.807, 2.05) is 48.5 Å². The zero-order valence-corrected chi connectivity index (χ0v) is 11.5. The number of hydrogen-bond donors (Lipinski definition) is 0. The summed E-state index contributed by atoms with van der Waals surface area (Å²) in [6.45, 7) is 6.23. The second-order valence-corrected chi connectivity index (χ2v) is 4.71. The first-order chi connectivity index (χ1) is 9.83. The summed E-state index contributed by atoms with van der Waals surface area (Å²) in [5.74, 6) is 0. The summed E-state index contributed by atoms with van der Waals surface area (Å²) < 4.78 is 0. The molecule has 0 saturated carbocycles. The van der Waals surface area contributed by atoms with E-state index in [0.29, 0.717) is 0 Å². The molecule has 0 spiro atoms. The van der Waals surface area contributed by atoms with Crippen LogP contribution in [0.4, 0.5) is 0 Å². The van der Waals surface area contributed by atoms with Gasteiger partial charge in [-0.15, -0.1) is 6.58 Å². The van der Waals surface area contributed by atoms with Crippen molar-refractivity contribution in [1.29, 1.82) is 5.26 Å². The van der Waals surface area contributed by atoms with Crippen LogP contribution in [-0.2, 0) is 13.1 Å². The van der Waals surface area contributed by atoms with Crippen molar-refractivity contribution in [3.8, 4) is 6.07 Å². The highest BCUT2D eigenvalue weighted by Gasteiger charge is 2.08. The zero-order valence-electron chi connectivity index (χ0n) is 11.5. The Balaban J connectivity index is 2.13. The molecule has 0 aliphatic carbocycles. The van der Waals surface area contributed by atoms with Gasteiger partial charge >= 0.3 is 0 Å². The van der Waals surface area contributed by atoms with Crippen LogP contribution in [0.2, 0.25) is 0 Å². The van der Waals surface area contributed by atoms with Gasteiger partial charge in [-0.05, 0) is 17.2 Å². The predicted molar refractivity (Wildman–Crippen MR) is 81.9 cm³/mol. The number of nitriles is 1. The van der Waals surface area contributed by atoms with Gasteiger partial charge < -0.3 is 0 Å². The van der Waals surface area contributed by atoms with Crippen LogP contribution < -0.4 is 0 Å². The van der Waals surface area contributed by atoms with Crippen molar-refractivity contribution in [2.45, 2.75) is 13.1 Å². The SMILES string of the molecule is C=CCN(Cc1ccccc1)Cc1ccccc1C#N. The molecule has 0 radical (unpaired) electrons. The number of rotatable bonds is 6. The van der Waals surface area contributed by atoms with E-state index in [4.69, 9.17) is 5.26 Å². The van der Waals surface area contributed by atoms with Gasteiger partial charge in [-0.2, -0.15) is 5.26 Å². The van der Waals surface area contributed by atoms with Crippen LogP contribution in [-0.4, -0.2) is 11.4 Å². The molecule has 0 heterocycles. The summed E-state index contributed by atoms with van der Waals surface area (Å²) in [6.07, 6.45) is 1.90. The van der Waals surface area contributed by atoms with Gasteiger partial charge in [-0.25, -0.2) is 0 Å². The lowest BCUT2D eigenvalue weighted by Gasteiger charge is -2.21. The monoisotopic (exact) mass is 262 g/mol. The van der Waals surface area contributed by atoms with Crippen LogP contribution in [0.5, 0.6) is 0 Å². The molecule has 0 amide bonds. The first-order valence-corrected chi connectivity index (χ1v) is 6.68. The highest BCUT2D eigenvalue weighted by molar-refractivity contribution is 5.37. The van der Waals surface area contributed by atoms with E-state index in [1.165, 1.54) is 5.56 Å². The van der Waals surface area contributed by atoms with E-state index in [2.05, 4.69) is 29.7 Å². The predicted octanol–water partition coefficient (Wildman–Crippen LogP) is 3.75. The highest BCUT2D eigenvalue weighted by atomic mass is 15.1. The zero-order chi connectivity index (χ0) is 14.2. The van der Waals surface area contributed by atoms with Crippen LogP contribution in [0, 0.1) is 11.3 Å². The Morgan fingerprint density at radius 1 is 1.00 bits per heavy atom. The molecule has 0 N–H and O–H groups in total. The molecule has 20 heavy (non-hydrogen) atoms. The summed E-state index contributed by atoms with van der Waals surface area (Å²) >= 11 is 0. The lowest BCUT2D eigenvalue weighted by Crippen LogP contribution is -2.23. The summed E-state index contributed by atoms with van der Waals surface area (Å²) in [5, 5.41) is 9.16. The Morgan fingerprint density at radius 2 is 1.70 bits per heavy atom. The van der Waals surface area contributed by atoms with E-state index in [-0.39, 0.29) is 0 Å². The molecule has 2 heteroatoms. The van der Waals surface area contributed by atoms with Crippen LogP contribution in [0.3, 0.4) is 0 Å². The van der Waals surface area contributed by atoms with Gasteiger partial charge in [0.05, 0.1) is 11.6 Å². The molecule has 100 valence electrons. The van der Waals surface area contributed by atoms with Gasteiger partial charge in [0.15, 0.2) is 0 Å². The third-order valence-corrected chi connectivity index (χ3v) is 3.17. The normalized spacial score (nSPS) is 10.2. The minimum atomic E-state index is 0.745. The Morgan fingerprint density at radius 3 is 2.40 bits per heavy atom. The Kier molecular flexibility index (Phi) is 5.11. The summed E-state index contributed by atoms with van der Waals surface area (Å²) in [4.78, 5) is 2.28. The molecule has 0 aliphatic rings. The molecule has 2 rings (SSSR count). The molecule has 0 bridgehead atoms. The molecule has 2 aromatic carbocycles. The quantitative estimate of drug-likeness (QED) is 0.741. The smallest absolute Gasteiger partial charge is 0.0995 e. The van der Waals surface area contributed by atoms with Gasteiger partial charge in [-0.3, -0.25) is 4.90 Å². The Labute approximate surface area is 120 Å². The third kappa shape index (κ3) is 3.81. The third-order valence-electron chi connectivity index (χ3n) is 3.17. The van der Waals surface area contributed by atoms with Gasteiger partial charge in [0, 0.05) is 19.6 Å². The first kappa shape index (κ1) is 14.0. The highest BCUT2D eigenvalue weighted by Crippen LogP contribution is 2.13. The molecule has 0 atom stereocenters. The maximum absolute atomic E-state index is 9.16. The van der Waals surface area contributed by atoms with Gasteiger partial charge in [0.1, 0.15) is 0 Å². The van der Waals surface area contributed by atoms with Crippen LogP contribution in [0.1, 0.15) is 16.7 Å². The maximum Gasteiger partial charge on any atom is 0.0995 e. The topological polar surface area (TPSA) is 27.0 Å². The minimum absolute atomic E-state index is 0.745. The van der Waals surface area contributed by atoms with Crippen molar-refractivity contribution in [1.82, 2.24) is 4.90 Å². The Bertz CT molecular complexity index is 596. The van der Waals surface area contributed by atoms with Gasteiger partial charge in [0.25, 0.3) is 0 Å². The summed E-state index contributed by atoms with van der Waals surface area (Å²) in [6, 6.07) is 20.4. The van der Waals surface area contributed by atoms with Crippen LogP contribution in [0.15, 0.2) is 67.3 Å². The van der Waals surface area contributed by atoms with Crippen LogP contribution >= 0.6 is 0 Å². The maximum atomic E-state index is 9.16. The molecule has 0 saturated heterocycles. The number of hydrogen-bond acceptors (Lipinski definition) is 2. The average molecular weight is 262 g/mol. The van der Waals surface area contributed by atoms with Crippen molar-refractivity contribution in [3.63, 3.8) is 0 Å². The molecular weight excluding hydrogens is 244 g/mol. The molecule has 0 fully saturated rings. The second-order valence-electron chi connectivity index (χ2n) is 4.71. The van der Waals surface area contributed by atoms with E-state index in [9.17, 15) is 0 Å².